The monoisotopic (exact) mass is 348 g/mol. The molecule has 140 valence electrons. The number of nitrogens with two attached hydrogens (primary N) is 1. The van der Waals surface area contributed by atoms with E-state index < -0.39 is 6.04 Å². The second-order valence-electron chi connectivity index (χ2n) is 7.05. The van der Waals surface area contributed by atoms with Gasteiger partial charge in [0, 0.05) is 19.1 Å². The molecule has 0 aromatic heterocycles. The van der Waals surface area contributed by atoms with E-state index in [1.807, 2.05) is 52.0 Å². The van der Waals surface area contributed by atoms with Crippen LogP contribution in [0, 0.1) is 12.8 Å². The zero-order valence-corrected chi connectivity index (χ0v) is 15.8. The summed E-state index contributed by atoms with van der Waals surface area (Å²) in [4.78, 5) is 24.5. The van der Waals surface area contributed by atoms with Gasteiger partial charge >= 0.3 is 6.03 Å². The Hall–Kier alpha value is -2.08. The third-order valence-corrected chi connectivity index (χ3v) is 3.80. The molecule has 0 aliphatic heterocycles. The molecule has 1 aromatic carbocycles. The number of urea groups is 1. The van der Waals surface area contributed by atoms with Gasteiger partial charge in [-0.05, 0) is 38.2 Å². The Balaban J connectivity index is 2.50. The van der Waals surface area contributed by atoms with E-state index >= 15 is 0 Å². The highest BCUT2D eigenvalue weighted by atomic mass is 16.2. The van der Waals surface area contributed by atoms with Crippen molar-refractivity contribution >= 4 is 11.9 Å². The van der Waals surface area contributed by atoms with Gasteiger partial charge in [-0.2, -0.15) is 0 Å². The van der Waals surface area contributed by atoms with Crippen LogP contribution in [0.15, 0.2) is 24.3 Å². The van der Waals surface area contributed by atoms with Gasteiger partial charge in [0.15, 0.2) is 0 Å². The molecule has 2 atom stereocenters. The van der Waals surface area contributed by atoms with Crippen molar-refractivity contribution in [3.8, 4) is 0 Å². The lowest BCUT2D eigenvalue weighted by molar-refractivity contribution is -0.123. The van der Waals surface area contributed by atoms with Crippen LogP contribution < -0.4 is 21.7 Å². The van der Waals surface area contributed by atoms with Gasteiger partial charge < -0.3 is 21.7 Å². The van der Waals surface area contributed by atoms with Gasteiger partial charge in [-0.1, -0.05) is 43.7 Å². The molecule has 6 heteroatoms. The van der Waals surface area contributed by atoms with Crippen LogP contribution in [0.25, 0.3) is 0 Å². The lowest BCUT2D eigenvalue weighted by Crippen LogP contribution is -2.50. The molecule has 0 aliphatic rings. The SMILES string of the molecule is Cc1ccc(CNC(=O)NC(CC(C)C)C(=O)NCCC(C)N)cc1. The normalized spacial score (nSPS) is 13.2. The van der Waals surface area contributed by atoms with Crippen LogP contribution in [0.4, 0.5) is 4.79 Å². The molecule has 3 amide bonds. The Kier molecular flexibility index (Phi) is 8.99. The number of benzene rings is 1. The Morgan fingerprint density at radius 1 is 1.08 bits per heavy atom. The zero-order valence-electron chi connectivity index (χ0n) is 15.8. The summed E-state index contributed by atoms with van der Waals surface area (Å²) in [6.45, 7) is 8.89. The molecular formula is C19H32N4O2. The number of carbonyl (C=O) groups excluding carboxylic acids is 2. The Morgan fingerprint density at radius 3 is 2.28 bits per heavy atom. The molecule has 6 nitrogen and oxygen atoms in total. The molecule has 25 heavy (non-hydrogen) atoms. The highest BCUT2D eigenvalue weighted by Gasteiger charge is 2.21. The smallest absolute Gasteiger partial charge is 0.315 e. The molecule has 0 heterocycles. The number of nitrogens with one attached hydrogen (secondary N) is 3. The minimum atomic E-state index is -0.550. The van der Waals surface area contributed by atoms with Crippen molar-refractivity contribution in [1.29, 1.82) is 0 Å². The van der Waals surface area contributed by atoms with Gasteiger partial charge in [0.05, 0.1) is 0 Å². The van der Waals surface area contributed by atoms with Crippen LogP contribution in [-0.2, 0) is 11.3 Å². The Bertz CT molecular complexity index is 541. The Labute approximate surface area is 150 Å². The predicted octanol–water partition coefficient (Wildman–Crippen LogP) is 2.06. The maximum atomic E-state index is 12.3. The van der Waals surface area contributed by atoms with Crippen molar-refractivity contribution in [2.45, 2.75) is 59.2 Å². The molecule has 0 spiro atoms. The molecule has 0 aliphatic carbocycles. The zero-order chi connectivity index (χ0) is 18.8. The fourth-order valence-electron chi connectivity index (χ4n) is 2.35. The van der Waals surface area contributed by atoms with E-state index in [1.165, 1.54) is 5.56 Å². The maximum Gasteiger partial charge on any atom is 0.315 e. The highest BCUT2D eigenvalue weighted by molar-refractivity contribution is 5.87. The molecular weight excluding hydrogens is 316 g/mol. The maximum absolute atomic E-state index is 12.3. The lowest BCUT2D eigenvalue weighted by atomic mass is 10.0. The molecule has 2 unspecified atom stereocenters. The second-order valence-corrected chi connectivity index (χ2v) is 7.05. The minimum Gasteiger partial charge on any atom is -0.354 e. The van der Waals surface area contributed by atoms with Crippen molar-refractivity contribution in [2.24, 2.45) is 11.7 Å². The summed E-state index contributed by atoms with van der Waals surface area (Å²) in [5.41, 5.74) is 7.88. The summed E-state index contributed by atoms with van der Waals surface area (Å²) in [5, 5.41) is 8.42. The topological polar surface area (TPSA) is 96.2 Å². The van der Waals surface area contributed by atoms with Gasteiger partial charge in [-0.3, -0.25) is 4.79 Å². The highest BCUT2D eigenvalue weighted by Crippen LogP contribution is 2.06. The van der Waals surface area contributed by atoms with Crippen molar-refractivity contribution in [3.05, 3.63) is 35.4 Å². The number of amides is 3. The third kappa shape index (κ3) is 9.10. The molecule has 1 rings (SSSR count). The molecule has 0 fully saturated rings. The van der Waals surface area contributed by atoms with Gasteiger partial charge in [-0.25, -0.2) is 4.79 Å². The van der Waals surface area contributed by atoms with Crippen molar-refractivity contribution in [1.82, 2.24) is 16.0 Å². The molecule has 0 saturated heterocycles. The van der Waals surface area contributed by atoms with Crippen molar-refractivity contribution < 1.29 is 9.59 Å². The summed E-state index contributed by atoms with van der Waals surface area (Å²) in [7, 11) is 0. The minimum absolute atomic E-state index is 0.0367. The summed E-state index contributed by atoms with van der Waals surface area (Å²) in [6, 6.07) is 7.10. The van der Waals surface area contributed by atoms with Crippen LogP contribution in [-0.4, -0.2) is 30.6 Å². The largest absolute Gasteiger partial charge is 0.354 e. The predicted molar refractivity (Wildman–Crippen MR) is 101 cm³/mol. The van der Waals surface area contributed by atoms with E-state index in [9.17, 15) is 9.59 Å². The van der Waals surface area contributed by atoms with E-state index in [2.05, 4.69) is 16.0 Å². The Morgan fingerprint density at radius 2 is 1.72 bits per heavy atom. The fourth-order valence-corrected chi connectivity index (χ4v) is 2.35. The van der Waals surface area contributed by atoms with Crippen LogP contribution in [0.1, 0.15) is 44.7 Å². The first-order chi connectivity index (χ1) is 11.8. The van der Waals surface area contributed by atoms with Gasteiger partial charge in [-0.15, -0.1) is 0 Å². The fraction of sp³-hybridized carbons (Fsp3) is 0.579. The number of aryl methyl sites for hydroxylation is 1. The second kappa shape index (κ2) is 10.7. The van der Waals surface area contributed by atoms with E-state index in [0.29, 0.717) is 31.8 Å². The first-order valence-corrected chi connectivity index (χ1v) is 8.91. The number of rotatable bonds is 9. The average molecular weight is 348 g/mol. The van der Waals surface area contributed by atoms with E-state index in [0.717, 1.165) is 5.56 Å². The molecule has 1 aromatic rings. The first kappa shape index (κ1) is 21.0. The number of carbonyl (C=O) groups is 2. The number of hydrogen-bond donors (Lipinski definition) is 4. The van der Waals surface area contributed by atoms with E-state index in [4.69, 9.17) is 5.73 Å². The van der Waals surface area contributed by atoms with Crippen LogP contribution in [0.5, 0.6) is 0 Å². The van der Waals surface area contributed by atoms with Crippen molar-refractivity contribution in [3.63, 3.8) is 0 Å². The van der Waals surface area contributed by atoms with Gasteiger partial charge in [0.1, 0.15) is 6.04 Å². The lowest BCUT2D eigenvalue weighted by Gasteiger charge is -2.21. The van der Waals surface area contributed by atoms with Crippen molar-refractivity contribution in [2.75, 3.05) is 6.54 Å². The van der Waals surface area contributed by atoms with Gasteiger partial charge in [0.2, 0.25) is 5.91 Å². The summed E-state index contributed by atoms with van der Waals surface area (Å²) in [6.07, 6.45) is 1.29. The summed E-state index contributed by atoms with van der Waals surface area (Å²) in [5.74, 6) is 0.126. The third-order valence-electron chi connectivity index (χ3n) is 3.80. The first-order valence-electron chi connectivity index (χ1n) is 8.91. The van der Waals surface area contributed by atoms with E-state index in [-0.39, 0.29) is 18.0 Å². The van der Waals surface area contributed by atoms with Crippen LogP contribution in [0.2, 0.25) is 0 Å². The van der Waals surface area contributed by atoms with Crippen LogP contribution >= 0.6 is 0 Å². The average Bonchev–Trinajstić information content (AvgIpc) is 2.53. The summed E-state index contributed by atoms with van der Waals surface area (Å²) < 4.78 is 0. The number of hydrogen-bond acceptors (Lipinski definition) is 3. The van der Waals surface area contributed by atoms with Gasteiger partial charge in [0.25, 0.3) is 0 Å². The molecule has 0 saturated carbocycles. The molecule has 0 radical (unpaired) electrons. The molecule has 5 N–H and O–H groups in total. The molecule has 0 bridgehead atoms. The summed E-state index contributed by atoms with van der Waals surface area (Å²) >= 11 is 0. The standard InChI is InChI=1S/C19H32N4O2/c1-13(2)11-17(18(24)21-10-9-15(4)20)23-19(25)22-12-16-7-5-14(3)6-8-16/h5-8,13,15,17H,9-12,20H2,1-4H3,(H,21,24)(H2,22,23,25). The van der Waals surface area contributed by atoms with Crippen LogP contribution in [0.3, 0.4) is 0 Å². The van der Waals surface area contributed by atoms with E-state index in [1.54, 1.807) is 0 Å². The quantitative estimate of drug-likeness (QED) is 0.550.